The normalized spacial score (nSPS) is 12.3. The second kappa shape index (κ2) is 9.57. The van der Waals surface area contributed by atoms with Gasteiger partial charge in [-0.15, -0.1) is 0 Å². The van der Waals surface area contributed by atoms with Crippen molar-refractivity contribution in [1.29, 1.82) is 0 Å². The van der Waals surface area contributed by atoms with Gasteiger partial charge in [0.1, 0.15) is 0 Å². The Labute approximate surface area is 152 Å². The molecule has 0 atom stereocenters. The zero-order chi connectivity index (χ0) is 18.1. The Kier molecular flexibility index (Phi) is 7.45. The number of sulfone groups is 1. The molecule has 0 N–H and O–H groups in total. The average Bonchev–Trinajstić information content (AvgIpc) is 2.61. The third-order valence-corrected chi connectivity index (χ3v) is 5.47. The topological polar surface area (TPSA) is 34.1 Å². The summed E-state index contributed by atoms with van der Waals surface area (Å²) in [5.74, 6) is 0. The highest BCUT2D eigenvalue weighted by atomic mass is 32.2. The van der Waals surface area contributed by atoms with E-state index in [4.69, 9.17) is 0 Å². The molecule has 2 rings (SSSR count). The minimum absolute atomic E-state index is 0.373. The molecule has 134 valence electrons. The quantitative estimate of drug-likeness (QED) is 0.408. The monoisotopic (exact) mass is 356 g/mol. The highest BCUT2D eigenvalue weighted by Crippen LogP contribution is 2.25. The van der Waals surface area contributed by atoms with E-state index < -0.39 is 9.84 Å². The Hall–Kier alpha value is -1.87. The lowest BCUT2D eigenvalue weighted by atomic mass is 9.97. The van der Waals surface area contributed by atoms with E-state index in [1.165, 1.54) is 43.1 Å². The Morgan fingerprint density at radius 3 is 2.12 bits per heavy atom. The van der Waals surface area contributed by atoms with Gasteiger partial charge in [0.05, 0.1) is 4.90 Å². The van der Waals surface area contributed by atoms with Gasteiger partial charge >= 0.3 is 0 Å². The van der Waals surface area contributed by atoms with E-state index in [1.54, 1.807) is 12.1 Å². The van der Waals surface area contributed by atoms with Gasteiger partial charge in [0.2, 0.25) is 0 Å². The van der Waals surface area contributed by atoms with Crippen molar-refractivity contribution in [3.05, 3.63) is 65.7 Å². The van der Waals surface area contributed by atoms with Crippen LogP contribution in [0.5, 0.6) is 0 Å². The maximum absolute atomic E-state index is 11.7. The van der Waals surface area contributed by atoms with Crippen LogP contribution in [-0.2, 0) is 9.84 Å². The fraction of sp³-hybridized carbons (Fsp3) is 0.364. The fourth-order valence-corrected chi connectivity index (χ4v) is 3.52. The summed E-state index contributed by atoms with van der Waals surface area (Å²) in [5.41, 5.74) is 3.55. The molecule has 0 aliphatic heterocycles. The van der Waals surface area contributed by atoms with E-state index >= 15 is 0 Å². The smallest absolute Gasteiger partial charge is 0.175 e. The summed E-state index contributed by atoms with van der Waals surface area (Å²) >= 11 is 0. The van der Waals surface area contributed by atoms with Gasteiger partial charge in [-0.1, -0.05) is 81.1 Å². The molecule has 2 nitrogen and oxygen atoms in total. The average molecular weight is 357 g/mol. The lowest BCUT2D eigenvalue weighted by Crippen LogP contribution is -1.97. The first-order chi connectivity index (χ1) is 12.0. The molecule has 25 heavy (non-hydrogen) atoms. The summed E-state index contributed by atoms with van der Waals surface area (Å²) in [6.07, 6.45) is 10.7. The van der Waals surface area contributed by atoms with Crippen molar-refractivity contribution in [2.75, 3.05) is 6.26 Å². The molecule has 0 radical (unpaired) electrons. The molecule has 0 spiro atoms. The molecule has 0 unspecified atom stereocenters. The number of benzene rings is 2. The summed E-state index contributed by atoms with van der Waals surface area (Å²) in [6.45, 7) is 2.23. The van der Waals surface area contributed by atoms with Crippen molar-refractivity contribution in [1.82, 2.24) is 0 Å². The number of hydrogen-bond acceptors (Lipinski definition) is 2. The molecule has 0 aliphatic rings. The first kappa shape index (κ1) is 19.5. The molecule has 2 aromatic carbocycles. The fourth-order valence-electron chi connectivity index (χ4n) is 2.89. The first-order valence-corrected chi connectivity index (χ1v) is 11.0. The lowest BCUT2D eigenvalue weighted by molar-refractivity contribution is 0.602. The standard InChI is InChI=1S/C22H28O2S/c1-3-4-5-6-10-13-21(18-19-11-8-7-9-12-19)20-14-16-22(17-15-20)25(2,23)24/h7-9,11-12,14-18H,3-6,10,13H2,1-2H3/b21-18+. The number of hydrogen-bond donors (Lipinski definition) is 0. The molecule has 0 aliphatic carbocycles. The number of allylic oxidation sites excluding steroid dienone is 1. The van der Waals surface area contributed by atoms with E-state index in [-0.39, 0.29) is 0 Å². The van der Waals surface area contributed by atoms with Crippen LogP contribution in [0.4, 0.5) is 0 Å². The molecule has 0 bridgehead atoms. The summed E-state index contributed by atoms with van der Waals surface area (Å²) in [7, 11) is -3.15. The van der Waals surface area contributed by atoms with Crippen molar-refractivity contribution in [2.45, 2.75) is 50.3 Å². The minimum Gasteiger partial charge on any atom is -0.224 e. The van der Waals surface area contributed by atoms with Crippen LogP contribution in [0, 0.1) is 0 Å². The van der Waals surface area contributed by atoms with Gasteiger partial charge in [0.15, 0.2) is 9.84 Å². The van der Waals surface area contributed by atoms with E-state index in [9.17, 15) is 8.42 Å². The van der Waals surface area contributed by atoms with Crippen LogP contribution in [-0.4, -0.2) is 14.7 Å². The number of unbranched alkanes of at least 4 members (excludes halogenated alkanes) is 4. The highest BCUT2D eigenvalue weighted by Gasteiger charge is 2.08. The van der Waals surface area contributed by atoms with Crippen molar-refractivity contribution >= 4 is 21.5 Å². The van der Waals surface area contributed by atoms with Crippen molar-refractivity contribution in [3.63, 3.8) is 0 Å². The van der Waals surface area contributed by atoms with Crippen LogP contribution in [0.2, 0.25) is 0 Å². The summed E-state index contributed by atoms with van der Waals surface area (Å²) in [6, 6.07) is 17.6. The first-order valence-electron chi connectivity index (χ1n) is 9.07. The van der Waals surface area contributed by atoms with E-state index in [2.05, 4.69) is 25.1 Å². The van der Waals surface area contributed by atoms with Crippen molar-refractivity contribution in [2.24, 2.45) is 0 Å². The molecule has 2 aromatic rings. The minimum atomic E-state index is -3.15. The van der Waals surface area contributed by atoms with Crippen molar-refractivity contribution < 1.29 is 8.42 Å². The third kappa shape index (κ3) is 6.50. The predicted octanol–water partition coefficient (Wildman–Crippen LogP) is 5.99. The van der Waals surface area contributed by atoms with Gasteiger partial charge in [0.25, 0.3) is 0 Å². The lowest BCUT2D eigenvalue weighted by Gasteiger charge is -2.10. The zero-order valence-corrected chi connectivity index (χ0v) is 16.1. The Balaban J connectivity index is 2.20. The van der Waals surface area contributed by atoms with Gasteiger partial charge in [-0.05, 0) is 41.7 Å². The zero-order valence-electron chi connectivity index (χ0n) is 15.2. The van der Waals surface area contributed by atoms with E-state index in [1.807, 2.05) is 30.3 Å². The van der Waals surface area contributed by atoms with Crippen LogP contribution in [0.15, 0.2) is 59.5 Å². The second-order valence-electron chi connectivity index (χ2n) is 6.54. The SMILES string of the molecule is CCCCCCC/C(=C\c1ccccc1)c1ccc(S(C)(=O)=O)cc1. The summed E-state index contributed by atoms with van der Waals surface area (Å²) in [4.78, 5) is 0.373. The van der Waals surface area contributed by atoms with Crippen LogP contribution in [0.25, 0.3) is 11.6 Å². The predicted molar refractivity (Wildman–Crippen MR) is 107 cm³/mol. The largest absolute Gasteiger partial charge is 0.224 e. The van der Waals surface area contributed by atoms with Gasteiger partial charge in [0, 0.05) is 6.26 Å². The van der Waals surface area contributed by atoms with Crippen LogP contribution in [0.3, 0.4) is 0 Å². The molecule has 0 aromatic heterocycles. The van der Waals surface area contributed by atoms with Gasteiger partial charge < -0.3 is 0 Å². The molecule has 0 fully saturated rings. The van der Waals surface area contributed by atoms with Crippen LogP contribution >= 0.6 is 0 Å². The van der Waals surface area contributed by atoms with Crippen molar-refractivity contribution in [3.8, 4) is 0 Å². The van der Waals surface area contributed by atoms with Crippen LogP contribution < -0.4 is 0 Å². The summed E-state index contributed by atoms with van der Waals surface area (Å²) in [5, 5.41) is 0. The van der Waals surface area contributed by atoms with Crippen LogP contribution in [0.1, 0.15) is 56.6 Å². The number of rotatable bonds is 9. The molecule has 3 heteroatoms. The van der Waals surface area contributed by atoms with E-state index in [0.29, 0.717) is 4.90 Å². The molecular weight excluding hydrogens is 328 g/mol. The second-order valence-corrected chi connectivity index (χ2v) is 8.56. The highest BCUT2D eigenvalue weighted by molar-refractivity contribution is 7.90. The molecule has 0 saturated carbocycles. The molecular formula is C22H28O2S. The Bertz CT molecular complexity index is 773. The van der Waals surface area contributed by atoms with Gasteiger partial charge in [-0.25, -0.2) is 8.42 Å². The Morgan fingerprint density at radius 2 is 1.52 bits per heavy atom. The Morgan fingerprint density at radius 1 is 0.880 bits per heavy atom. The maximum atomic E-state index is 11.7. The van der Waals surface area contributed by atoms with Gasteiger partial charge in [-0.2, -0.15) is 0 Å². The molecule has 0 amide bonds. The molecule has 0 saturated heterocycles. The molecule has 0 heterocycles. The maximum Gasteiger partial charge on any atom is 0.175 e. The van der Waals surface area contributed by atoms with Gasteiger partial charge in [-0.3, -0.25) is 0 Å². The summed E-state index contributed by atoms with van der Waals surface area (Å²) < 4.78 is 23.3. The van der Waals surface area contributed by atoms with E-state index in [0.717, 1.165) is 18.4 Å². The third-order valence-electron chi connectivity index (χ3n) is 4.34.